The maximum Gasteiger partial charge on any atom is 0.522 e. The molecule has 23 heavy (non-hydrogen) atoms. The van der Waals surface area contributed by atoms with Crippen LogP contribution in [-0.2, 0) is 19.9 Å². The first-order valence-corrected chi connectivity index (χ1v) is 7.73. The maximum absolute atomic E-state index is 12.3. The van der Waals surface area contributed by atoms with Crippen LogP contribution in [0.1, 0.15) is 24.6 Å². The van der Waals surface area contributed by atoms with Gasteiger partial charge in [-0.05, 0) is 17.7 Å². The predicted octanol–water partition coefficient (Wildman–Crippen LogP) is 3.80. The largest absolute Gasteiger partial charge is 0.522 e. The minimum atomic E-state index is -4.72. The smallest absolute Gasteiger partial charge is 0.453 e. The van der Waals surface area contributed by atoms with Crippen molar-refractivity contribution in [1.82, 2.24) is 9.97 Å². The summed E-state index contributed by atoms with van der Waals surface area (Å²) in [5.74, 6) is -0.572. The summed E-state index contributed by atoms with van der Waals surface area (Å²) in [6, 6.07) is 1.70. The molecule has 3 rings (SSSR count). The standard InChI is InChI=1S/C13H10ClF3N2O3S/c1-6(20)21-12(3-8(4-12)22-13(15,16)17)9-2-7-5-18-11(14)19-10(7)23-9/h2,5,8H,3-4H2,1H3. The highest BCUT2D eigenvalue weighted by Gasteiger charge is 2.53. The molecule has 124 valence electrons. The average molecular weight is 367 g/mol. The van der Waals surface area contributed by atoms with Gasteiger partial charge in [0.2, 0.25) is 5.28 Å². The van der Waals surface area contributed by atoms with Gasteiger partial charge in [-0.25, -0.2) is 9.97 Å². The molecule has 0 amide bonds. The average Bonchev–Trinajstić information content (AvgIpc) is 2.76. The highest BCUT2D eigenvalue weighted by atomic mass is 35.5. The molecule has 0 radical (unpaired) electrons. The van der Waals surface area contributed by atoms with Crippen LogP contribution in [0.5, 0.6) is 0 Å². The van der Waals surface area contributed by atoms with Crippen LogP contribution in [0, 0.1) is 0 Å². The molecule has 1 aliphatic carbocycles. The SMILES string of the molecule is CC(=O)OC1(c2cc3cnc(Cl)nc3s2)CC(OC(F)(F)F)C1. The van der Waals surface area contributed by atoms with Gasteiger partial charge in [-0.15, -0.1) is 24.5 Å². The van der Waals surface area contributed by atoms with Gasteiger partial charge in [0.05, 0.1) is 11.0 Å². The molecule has 0 unspecified atom stereocenters. The van der Waals surface area contributed by atoms with Crippen LogP contribution in [0.15, 0.2) is 12.3 Å². The van der Waals surface area contributed by atoms with Crippen molar-refractivity contribution >= 4 is 39.1 Å². The minimum Gasteiger partial charge on any atom is -0.453 e. The van der Waals surface area contributed by atoms with Gasteiger partial charge >= 0.3 is 12.3 Å². The Morgan fingerprint density at radius 2 is 2.17 bits per heavy atom. The third-order valence-corrected chi connectivity index (χ3v) is 4.86. The lowest BCUT2D eigenvalue weighted by Gasteiger charge is -2.45. The molecule has 10 heteroatoms. The maximum atomic E-state index is 12.3. The van der Waals surface area contributed by atoms with Crippen molar-refractivity contribution in [3.63, 3.8) is 0 Å². The van der Waals surface area contributed by atoms with E-state index in [1.54, 1.807) is 6.07 Å². The third kappa shape index (κ3) is 3.41. The van der Waals surface area contributed by atoms with E-state index in [4.69, 9.17) is 16.3 Å². The van der Waals surface area contributed by atoms with Crippen molar-refractivity contribution < 1.29 is 27.4 Å². The van der Waals surface area contributed by atoms with Crippen LogP contribution in [0.3, 0.4) is 0 Å². The number of carbonyl (C=O) groups excluding carboxylic acids is 1. The number of esters is 1. The van der Waals surface area contributed by atoms with E-state index in [9.17, 15) is 18.0 Å². The Balaban J connectivity index is 1.89. The zero-order valence-electron chi connectivity index (χ0n) is 11.7. The number of carbonyl (C=O) groups is 1. The molecule has 1 saturated carbocycles. The Hall–Kier alpha value is -1.45. The molecule has 0 aromatic carbocycles. The Kier molecular flexibility index (Phi) is 3.97. The second kappa shape index (κ2) is 5.57. The molecular formula is C13H10ClF3N2O3S. The quantitative estimate of drug-likeness (QED) is 0.610. The molecule has 0 N–H and O–H groups in total. The minimum absolute atomic E-state index is 0.0688. The van der Waals surface area contributed by atoms with Crippen molar-refractivity contribution in [2.75, 3.05) is 0 Å². The normalized spacial score (nSPS) is 24.5. The topological polar surface area (TPSA) is 61.3 Å². The van der Waals surface area contributed by atoms with Gasteiger partial charge in [-0.3, -0.25) is 9.53 Å². The fraction of sp³-hybridized carbons (Fsp3) is 0.462. The molecule has 0 spiro atoms. The van der Waals surface area contributed by atoms with E-state index >= 15 is 0 Å². The number of alkyl halides is 3. The Morgan fingerprint density at radius 3 is 2.78 bits per heavy atom. The second-order valence-electron chi connectivity index (χ2n) is 5.19. The monoisotopic (exact) mass is 366 g/mol. The van der Waals surface area contributed by atoms with E-state index < -0.39 is 24.0 Å². The molecule has 0 saturated heterocycles. The van der Waals surface area contributed by atoms with Gasteiger partial charge in [0.25, 0.3) is 0 Å². The predicted molar refractivity (Wildman–Crippen MR) is 76.0 cm³/mol. The van der Waals surface area contributed by atoms with Gasteiger partial charge in [0, 0.05) is 31.3 Å². The van der Waals surface area contributed by atoms with Crippen LogP contribution < -0.4 is 0 Å². The van der Waals surface area contributed by atoms with Crippen LogP contribution in [0.4, 0.5) is 13.2 Å². The third-order valence-electron chi connectivity index (χ3n) is 3.45. The highest BCUT2D eigenvalue weighted by Crippen LogP contribution is 2.50. The van der Waals surface area contributed by atoms with Crippen LogP contribution in [0.2, 0.25) is 5.28 Å². The zero-order valence-corrected chi connectivity index (χ0v) is 13.3. The lowest BCUT2D eigenvalue weighted by molar-refractivity contribution is -0.364. The number of hydrogen-bond donors (Lipinski definition) is 0. The molecular weight excluding hydrogens is 357 g/mol. The summed E-state index contributed by atoms with van der Waals surface area (Å²) in [5, 5.41) is 0.750. The van der Waals surface area contributed by atoms with Gasteiger partial charge in [0.1, 0.15) is 4.83 Å². The summed E-state index contributed by atoms with van der Waals surface area (Å²) in [6.07, 6.45) is -4.39. The lowest BCUT2D eigenvalue weighted by atomic mass is 9.76. The number of fused-ring (bicyclic) bond motifs is 1. The summed E-state index contributed by atoms with van der Waals surface area (Å²) in [7, 11) is 0. The summed E-state index contributed by atoms with van der Waals surface area (Å²) in [4.78, 5) is 20.4. The Labute approximate surface area is 137 Å². The van der Waals surface area contributed by atoms with Gasteiger partial charge in [0.15, 0.2) is 5.60 Å². The molecule has 2 aromatic rings. The fourth-order valence-electron chi connectivity index (χ4n) is 2.59. The van der Waals surface area contributed by atoms with Crippen molar-refractivity contribution in [2.24, 2.45) is 0 Å². The first-order valence-electron chi connectivity index (χ1n) is 6.54. The summed E-state index contributed by atoms with van der Waals surface area (Å²) in [6.45, 7) is 1.21. The summed E-state index contributed by atoms with van der Waals surface area (Å²) >= 11 is 6.93. The molecule has 1 aliphatic rings. The van der Waals surface area contributed by atoms with E-state index in [0.29, 0.717) is 15.1 Å². The van der Waals surface area contributed by atoms with Crippen LogP contribution >= 0.6 is 22.9 Å². The van der Waals surface area contributed by atoms with Gasteiger partial charge < -0.3 is 4.74 Å². The molecule has 1 fully saturated rings. The van der Waals surface area contributed by atoms with E-state index in [0.717, 1.165) is 0 Å². The van der Waals surface area contributed by atoms with Gasteiger partial charge in [-0.1, -0.05) is 0 Å². The number of ether oxygens (including phenoxy) is 2. The van der Waals surface area contributed by atoms with Crippen LogP contribution in [0.25, 0.3) is 10.2 Å². The fourth-order valence-corrected chi connectivity index (χ4v) is 3.93. The molecule has 0 aliphatic heterocycles. The summed E-state index contributed by atoms with van der Waals surface area (Å²) in [5.41, 5.74) is -1.13. The van der Waals surface area contributed by atoms with E-state index in [-0.39, 0.29) is 18.1 Å². The van der Waals surface area contributed by atoms with E-state index in [1.807, 2.05) is 0 Å². The highest BCUT2D eigenvalue weighted by molar-refractivity contribution is 7.18. The number of nitrogens with zero attached hydrogens (tertiary/aromatic N) is 2. The van der Waals surface area contributed by atoms with Crippen molar-refractivity contribution in [2.45, 2.75) is 37.8 Å². The first-order chi connectivity index (χ1) is 10.7. The number of aromatic nitrogens is 2. The molecule has 0 bridgehead atoms. The van der Waals surface area contributed by atoms with Crippen LogP contribution in [-0.4, -0.2) is 28.4 Å². The lowest BCUT2D eigenvalue weighted by Crippen LogP contribution is -2.49. The van der Waals surface area contributed by atoms with E-state index in [1.165, 1.54) is 24.5 Å². The second-order valence-corrected chi connectivity index (χ2v) is 6.56. The summed E-state index contributed by atoms with van der Waals surface area (Å²) < 4.78 is 46.2. The zero-order chi connectivity index (χ0) is 16.8. The molecule has 0 atom stereocenters. The molecule has 5 nitrogen and oxygen atoms in total. The van der Waals surface area contributed by atoms with Gasteiger partial charge in [-0.2, -0.15) is 0 Å². The van der Waals surface area contributed by atoms with Crippen molar-refractivity contribution in [1.29, 1.82) is 0 Å². The molecule has 2 heterocycles. The number of thiophene rings is 1. The number of rotatable bonds is 3. The van der Waals surface area contributed by atoms with Crippen molar-refractivity contribution in [3.8, 4) is 0 Å². The number of hydrogen-bond acceptors (Lipinski definition) is 6. The molecule has 2 aromatic heterocycles. The van der Waals surface area contributed by atoms with Crippen molar-refractivity contribution in [3.05, 3.63) is 22.4 Å². The Bertz CT molecular complexity index is 758. The first kappa shape index (κ1) is 16.4. The Morgan fingerprint density at radius 1 is 1.48 bits per heavy atom. The number of halogens is 4. The van der Waals surface area contributed by atoms with E-state index in [2.05, 4.69) is 14.7 Å².